The molecule has 0 aliphatic carbocycles. The molecule has 1 heterocycles. The van der Waals surface area contributed by atoms with Gasteiger partial charge in [-0.05, 0) is 49.6 Å². The van der Waals surface area contributed by atoms with Gasteiger partial charge in [-0.15, -0.1) is 0 Å². The summed E-state index contributed by atoms with van der Waals surface area (Å²) in [6, 6.07) is 6.20. The van der Waals surface area contributed by atoms with Gasteiger partial charge >= 0.3 is 5.97 Å². The number of anilines is 1. The molecule has 0 saturated carbocycles. The number of carbonyl (C=O) groups excluding carboxylic acids is 1. The Bertz CT molecular complexity index is 463. The zero-order chi connectivity index (χ0) is 12.3. The Hall–Kier alpha value is -1.77. The first-order valence-electron chi connectivity index (χ1n) is 5.93. The normalized spacial score (nSPS) is 14.1. The van der Waals surface area contributed by atoms with Gasteiger partial charge in [0.05, 0.1) is 6.61 Å². The van der Waals surface area contributed by atoms with E-state index in [2.05, 4.69) is 17.4 Å². The first kappa shape index (κ1) is 11.7. The van der Waals surface area contributed by atoms with Gasteiger partial charge in [-0.25, -0.2) is 4.79 Å². The van der Waals surface area contributed by atoms with E-state index < -0.39 is 0 Å². The molecule has 90 valence electrons. The Morgan fingerprint density at radius 3 is 3.12 bits per heavy atom. The minimum Gasteiger partial charge on any atom is -0.463 e. The minimum atomic E-state index is -0.244. The number of ether oxygens (including phenoxy) is 1. The van der Waals surface area contributed by atoms with Crippen molar-refractivity contribution >= 4 is 17.7 Å². The van der Waals surface area contributed by atoms with Crippen LogP contribution in [0.5, 0.6) is 0 Å². The van der Waals surface area contributed by atoms with Crippen LogP contribution in [0.15, 0.2) is 23.8 Å². The van der Waals surface area contributed by atoms with Crippen molar-refractivity contribution in [2.75, 3.05) is 18.5 Å². The van der Waals surface area contributed by atoms with E-state index in [-0.39, 0.29) is 5.97 Å². The monoisotopic (exact) mass is 231 g/mol. The molecule has 1 aliphatic rings. The standard InChI is InChI=1S/C14H17NO2/c1-3-17-14(16)10(2)8-11-4-5-13-12(9-11)6-7-15-13/h4-5,8-9,15H,3,6-7H2,1-2H3/b10-8+. The van der Waals surface area contributed by atoms with Gasteiger partial charge in [0.2, 0.25) is 0 Å². The second-order valence-corrected chi connectivity index (χ2v) is 4.14. The highest BCUT2D eigenvalue weighted by Gasteiger charge is 2.10. The SMILES string of the molecule is CCOC(=O)/C(C)=C/c1ccc2c(c1)CCN2. The van der Waals surface area contributed by atoms with Crippen LogP contribution in [-0.4, -0.2) is 19.1 Å². The predicted octanol–water partition coefficient (Wildman–Crippen LogP) is 2.62. The van der Waals surface area contributed by atoms with E-state index in [0.717, 1.165) is 18.5 Å². The Labute approximate surface area is 101 Å². The molecule has 0 unspecified atom stereocenters. The summed E-state index contributed by atoms with van der Waals surface area (Å²) in [6.45, 7) is 5.01. The van der Waals surface area contributed by atoms with Crippen molar-refractivity contribution in [3.05, 3.63) is 34.9 Å². The molecule has 1 aliphatic heterocycles. The number of esters is 1. The number of hydrogen-bond donors (Lipinski definition) is 1. The smallest absolute Gasteiger partial charge is 0.333 e. The van der Waals surface area contributed by atoms with Crippen molar-refractivity contribution in [2.45, 2.75) is 20.3 Å². The quantitative estimate of drug-likeness (QED) is 0.642. The minimum absolute atomic E-state index is 0.244. The molecular weight excluding hydrogens is 214 g/mol. The lowest BCUT2D eigenvalue weighted by molar-refractivity contribution is -0.138. The fraction of sp³-hybridized carbons (Fsp3) is 0.357. The molecule has 0 atom stereocenters. The molecule has 0 bridgehead atoms. The van der Waals surface area contributed by atoms with Crippen LogP contribution in [0.4, 0.5) is 5.69 Å². The zero-order valence-electron chi connectivity index (χ0n) is 10.2. The lowest BCUT2D eigenvalue weighted by atomic mass is 10.1. The summed E-state index contributed by atoms with van der Waals surface area (Å²) >= 11 is 0. The van der Waals surface area contributed by atoms with Gasteiger partial charge in [0, 0.05) is 17.8 Å². The van der Waals surface area contributed by atoms with Gasteiger partial charge in [-0.2, -0.15) is 0 Å². The highest BCUT2D eigenvalue weighted by atomic mass is 16.5. The molecule has 0 radical (unpaired) electrons. The summed E-state index contributed by atoms with van der Waals surface area (Å²) in [5, 5.41) is 3.31. The predicted molar refractivity (Wildman–Crippen MR) is 68.9 cm³/mol. The third kappa shape index (κ3) is 2.67. The maximum atomic E-state index is 11.5. The largest absolute Gasteiger partial charge is 0.463 e. The molecule has 0 amide bonds. The van der Waals surface area contributed by atoms with Crippen molar-refractivity contribution in [3.63, 3.8) is 0 Å². The van der Waals surface area contributed by atoms with Crippen LogP contribution in [0.25, 0.3) is 6.08 Å². The van der Waals surface area contributed by atoms with Crippen LogP contribution in [0, 0.1) is 0 Å². The van der Waals surface area contributed by atoms with E-state index in [1.165, 1.54) is 11.3 Å². The van der Waals surface area contributed by atoms with Crippen molar-refractivity contribution in [2.24, 2.45) is 0 Å². The van der Waals surface area contributed by atoms with Crippen LogP contribution in [0.2, 0.25) is 0 Å². The molecule has 1 aromatic carbocycles. The molecule has 2 rings (SSSR count). The van der Waals surface area contributed by atoms with Crippen LogP contribution >= 0.6 is 0 Å². The number of rotatable bonds is 3. The summed E-state index contributed by atoms with van der Waals surface area (Å²) in [5.41, 5.74) is 4.21. The van der Waals surface area contributed by atoms with Crippen molar-refractivity contribution in [1.29, 1.82) is 0 Å². The summed E-state index contributed by atoms with van der Waals surface area (Å²) in [5.74, 6) is -0.244. The van der Waals surface area contributed by atoms with Crippen molar-refractivity contribution in [3.8, 4) is 0 Å². The fourth-order valence-corrected chi connectivity index (χ4v) is 1.97. The van der Waals surface area contributed by atoms with Crippen LogP contribution < -0.4 is 5.32 Å². The lowest BCUT2D eigenvalue weighted by Gasteiger charge is -2.03. The average molecular weight is 231 g/mol. The third-order valence-electron chi connectivity index (χ3n) is 2.82. The van der Waals surface area contributed by atoms with Gasteiger partial charge in [0.25, 0.3) is 0 Å². The third-order valence-corrected chi connectivity index (χ3v) is 2.82. The topological polar surface area (TPSA) is 38.3 Å². The summed E-state index contributed by atoms with van der Waals surface area (Å²) in [6.07, 6.45) is 2.92. The number of benzene rings is 1. The summed E-state index contributed by atoms with van der Waals surface area (Å²) < 4.78 is 4.95. The van der Waals surface area contributed by atoms with Crippen LogP contribution in [0.1, 0.15) is 25.0 Å². The van der Waals surface area contributed by atoms with E-state index in [0.29, 0.717) is 12.2 Å². The van der Waals surface area contributed by atoms with E-state index in [4.69, 9.17) is 4.74 Å². The highest BCUT2D eigenvalue weighted by molar-refractivity contribution is 5.93. The number of nitrogens with one attached hydrogen (secondary N) is 1. The van der Waals surface area contributed by atoms with Crippen LogP contribution in [0.3, 0.4) is 0 Å². The maximum absolute atomic E-state index is 11.5. The van der Waals surface area contributed by atoms with Gasteiger partial charge in [0.1, 0.15) is 0 Å². The first-order valence-corrected chi connectivity index (χ1v) is 5.93. The van der Waals surface area contributed by atoms with Gasteiger partial charge in [-0.3, -0.25) is 0 Å². The van der Waals surface area contributed by atoms with Crippen molar-refractivity contribution in [1.82, 2.24) is 0 Å². The molecule has 3 nitrogen and oxygen atoms in total. The zero-order valence-corrected chi connectivity index (χ0v) is 10.2. The number of carbonyl (C=O) groups is 1. The second kappa shape index (κ2) is 5.04. The van der Waals surface area contributed by atoms with E-state index in [1.54, 1.807) is 6.92 Å². The molecule has 17 heavy (non-hydrogen) atoms. The summed E-state index contributed by atoms with van der Waals surface area (Å²) in [4.78, 5) is 11.5. The highest BCUT2D eigenvalue weighted by Crippen LogP contribution is 2.24. The van der Waals surface area contributed by atoms with E-state index in [1.807, 2.05) is 19.1 Å². The average Bonchev–Trinajstić information content (AvgIpc) is 2.76. The molecular formula is C14H17NO2. The Kier molecular flexibility index (Phi) is 3.47. The first-order chi connectivity index (χ1) is 8.20. The molecule has 0 spiro atoms. The molecule has 1 aromatic rings. The van der Waals surface area contributed by atoms with Gasteiger partial charge in [0.15, 0.2) is 0 Å². The molecule has 0 aromatic heterocycles. The second-order valence-electron chi connectivity index (χ2n) is 4.14. The van der Waals surface area contributed by atoms with Crippen LogP contribution in [-0.2, 0) is 16.0 Å². The number of hydrogen-bond acceptors (Lipinski definition) is 3. The molecule has 1 N–H and O–H groups in total. The molecule has 0 saturated heterocycles. The van der Waals surface area contributed by atoms with Gasteiger partial charge < -0.3 is 10.1 Å². The number of fused-ring (bicyclic) bond motifs is 1. The van der Waals surface area contributed by atoms with E-state index in [9.17, 15) is 4.79 Å². The molecule has 0 fully saturated rings. The molecule has 3 heteroatoms. The Morgan fingerprint density at radius 2 is 2.35 bits per heavy atom. The maximum Gasteiger partial charge on any atom is 0.333 e. The Balaban J connectivity index is 2.18. The lowest BCUT2D eigenvalue weighted by Crippen LogP contribution is -2.04. The van der Waals surface area contributed by atoms with Crippen molar-refractivity contribution < 1.29 is 9.53 Å². The van der Waals surface area contributed by atoms with Gasteiger partial charge in [-0.1, -0.05) is 6.07 Å². The Morgan fingerprint density at radius 1 is 1.53 bits per heavy atom. The fourth-order valence-electron chi connectivity index (χ4n) is 1.97. The van der Waals surface area contributed by atoms with E-state index >= 15 is 0 Å². The summed E-state index contributed by atoms with van der Waals surface area (Å²) in [7, 11) is 0.